The highest BCUT2D eigenvalue weighted by Gasteiger charge is 2.30. The number of ether oxygens (including phenoxy) is 1. The van der Waals surface area contributed by atoms with Gasteiger partial charge in [-0.2, -0.15) is 11.8 Å². The van der Waals surface area contributed by atoms with Crippen molar-refractivity contribution in [1.82, 2.24) is 0 Å². The van der Waals surface area contributed by atoms with E-state index in [0.717, 1.165) is 18.1 Å². The highest BCUT2D eigenvalue weighted by Crippen LogP contribution is 2.38. The molecule has 0 amide bonds. The molecular formula is C15H23NOS. The van der Waals surface area contributed by atoms with Crippen LogP contribution in [0.3, 0.4) is 0 Å². The molecule has 100 valence electrons. The number of benzene rings is 1. The summed E-state index contributed by atoms with van der Waals surface area (Å²) in [5.41, 5.74) is 9.02. The largest absolute Gasteiger partial charge is 0.497 e. The van der Waals surface area contributed by atoms with Gasteiger partial charge in [-0.3, -0.25) is 0 Å². The van der Waals surface area contributed by atoms with Crippen LogP contribution >= 0.6 is 11.8 Å². The van der Waals surface area contributed by atoms with E-state index in [0.29, 0.717) is 5.25 Å². The molecule has 1 aliphatic rings. The monoisotopic (exact) mass is 265 g/mol. The van der Waals surface area contributed by atoms with Crippen LogP contribution in [0.25, 0.3) is 0 Å². The van der Waals surface area contributed by atoms with Gasteiger partial charge in [0.15, 0.2) is 0 Å². The predicted molar refractivity (Wildman–Crippen MR) is 79.3 cm³/mol. The second-order valence-electron chi connectivity index (χ2n) is 5.39. The molecule has 3 heteroatoms. The Hall–Kier alpha value is -0.670. The van der Waals surface area contributed by atoms with E-state index in [-0.39, 0.29) is 6.04 Å². The van der Waals surface area contributed by atoms with E-state index in [4.69, 9.17) is 10.5 Å². The number of hydrogen-bond acceptors (Lipinski definition) is 3. The second-order valence-corrected chi connectivity index (χ2v) is 6.73. The standard InChI is InChI=1S/C15H23NOS/c1-10(2)6-7-18-14-8-11-4-5-12(17-3)9-13(11)15(14)16/h4-5,9-10,14-15H,6-8,16H2,1-3H3. The molecule has 1 aliphatic carbocycles. The van der Waals surface area contributed by atoms with Crippen molar-refractivity contribution in [3.63, 3.8) is 0 Å². The van der Waals surface area contributed by atoms with Gasteiger partial charge < -0.3 is 10.5 Å². The van der Waals surface area contributed by atoms with E-state index in [1.807, 2.05) is 17.8 Å². The molecule has 0 fully saturated rings. The molecule has 1 aromatic rings. The summed E-state index contributed by atoms with van der Waals surface area (Å²) >= 11 is 2.02. The lowest BCUT2D eigenvalue weighted by Crippen LogP contribution is -2.19. The third-order valence-electron chi connectivity index (χ3n) is 3.56. The molecule has 0 saturated heterocycles. The average Bonchev–Trinajstić information content (AvgIpc) is 2.66. The van der Waals surface area contributed by atoms with Gasteiger partial charge in [-0.05, 0) is 47.8 Å². The molecule has 0 heterocycles. The normalized spacial score (nSPS) is 22.3. The highest BCUT2D eigenvalue weighted by molar-refractivity contribution is 7.99. The fourth-order valence-corrected chi connectivity index (χ4v) is 3.92. The number of rotatable bonds is 5. The lowest BCUT2D eigenvalue weighted by molar-refractivity contribution is 0.414. The van der Waals surface area contributed by atoms with Crippen LogP contribution in [-0.4, -0.2) is 18.1 Å². The van der Waals surface area contributed by atoms with Crippen molar-refractivity contribution >= 4 is 11.8 Å². The molecule has 1 aromatic carbocycles. The van der Waals surface area contributed by atoms with Crippen molar-refractivity contribution in [1.29, 1.82) is 0 Å². The zero-order valence-corrected chi connectivity index (χ0v) is 12.3. The molecule has 2 rings (SSSR count). The van der Waals surface area contributed by atoms with Crippen molar-refractivity contribution in [3.05, 3.63) is 29.3 Å². The molecule has 2 atom stereocenters. The Bertz CT molecular complexity index is 405. The summed E-state index contributed by atoms with van der Waals surface area (Å²) in [6, 6.07) is 6.46. The maximum Gasteiger partial charge on any atom is 0.119 e. The fraction of sp³-hybridized carbons (Fsp3) is 0.600. The maximum atomic E-state index is 6.35. The number of methoxy groups -OCH3 is 1. The van der Waals surface area contributed by atoms with Gasteiger partial charge in [-0.1, -0.05) is 19.9 Å². The predicted octanol–water partition coefficient (Wildman–Crippen LogP) is 3.40. The molecule has 0 saturated carbocycles. The first-order valence-electron chi connectivity index (χ1n) is 6.65. The number of hydrogen-bond donors (Lipinski definition) is 1. The van der Waals surface area contributed by atoms with Gasteiger partial charge in [0.2, 0.25) is 0 Å². The van der Waals surface area contributed by atoms with E-state index >= 15 is 0 Å². The Morgan fingerprint density at radius 2 is 2.22 bits per heavy atom. The highest BCUT2D eigenvalue weighted by atomic mass is 32.2. The van der Waals surface area contributed by atoms with E-state index in [1.165, 1.54) is 23.3 Å². The molecule has 0 aromatic heterocycles. The SMILES string of the molecule is COc1ccc2c(c1)C(N)C(SCCC(C)C)C2. The van der Waals surface area contributed by atoms with Crippen LogP contribution in [0.2, 0.25) is 0 Å². The summed E-state index contributed by atoms with van der Waals surface area (Å²) < 4.78 is 5.27. The molecule has 0 bridgehead atoms. The lowest BCUT2D eigenvalue weighted by atomic mass is 10.1. The van der Waals surface area contributed by atoms with E-state index in [2.05, 4.69) is 26.0 Å². The van der Waals surface area contributed by atoms with Crippen molar-refractivity contribution in [3.8, 4) is 5.75 Å². The summed E-state index contributed by atoms with van der Waals surface area (Å²) in [6.07, 6.45) is 2.37. The minimum atomic E-state index is 0.160. The molecule has 2 N–H and O–H groups in total. The van der Waals surface area contributed by atoms with Gasteiger partial charge in [0.1, 0.15) is 5.75 Å². The molecule has 0 aliphatic heterocycles. The van der Waals surface area contributed by atoms with Gasteiger partial charge in [0.25, 0.3) is 0 Å². The molecular weight excluding hydrogens is 242 g/mol. The maximum absolute atomic E-state index is 6.35. The zero-order chi connectivity index (χ0) is 13.1. The lowest BCUT2D eigenvalue weighted by Gasteiger charge is -2.16. The third kappa shape index (κ3) is 3.01. The first-order chi connectivity index (χ1) is 8.61. The molecule has 2 unspecified atom stereocenters. The third-order valence-corrected chi connectivity index (χ3v) is 4.92. The number of fused-ring (bicyclic) bond motifs is 1. The van der Waals surface area contributed by atoms with Crippen molar-refractivity contribution in [2.45, 2.75) is 38.0 Å². The van der Waals surface area contributed by atoms with Crippen LogP contribution < -0.4 is 10.5 Å². The van der Waals surface area contributed by atoms with Crippen LogP contribution in [0, 0.1) is 5.92 Å². The van der Waals surface area contributed by atoms with Gasteiger partial charge in [-0.25, -0.2) is 0 Å². The first kappa shape index (κ1) is 13.8. The van der Waals surface area contributed by atoms with Crippen LogP contribution in [0.15, 0.2) is 18.2 Å². The number of nitrogens with two attached hydrogens (primary N) is 1. The van der Waals surface area contributed by atoms with Crippen LogP contribution in [0.4, 0.5) is 0 Å². The Balaban J connectivity index is 1.99. The molecule has 2 nitrogen and oxygen atoms in total. The summed E-state index contributed by atoms with van der Waals surface area (Å²) in [7, 11) is 1.71. The summed E-state index contributed by atoms with van der Waals surface area (Å²) in [5, 5.41) is 0.533. The first-order valence-corrected chi connectivity index (χ1v) is 7.70. The van der Waals surface area contributed by atoms with Crippen LogP contribution in [-0.2, 0) is 6.42 Å². The quantitative estimate of drug-likeness (QED) is 0.886. The Morgan fingerprint density at radius 1 is 1.44 bits per heavy atom. The molecule has 0 radical (unpaired) electrons. The van der Waals surface area contributed by atoms with E-state index < -0.39 is 0 Å². The Morgan fingerprint density at radius 3 is 2.89 bits per heavy atom. The minimum Gasteiger partial charge on any atom is -0.497 e. The van der Waals surface area contributed by atoms with Crippen molar-refractivity contribution < 1.29 is 4.74 Å². The molecule has 18 heavy (non-hydrogen) atoms. The van der Waals surface area contributed by atoms with E-state index in [1.54, 1.807) is 7.11 Å². The smallest absolute Gasteiger partial charge is 0.119 e. The average molecular weight is 265 g/mol. The zero-order valence-electron chi connectivity index (χ0n) is 11.5. The van der Waals surface area contributed by atoms with Gasteiger partial charge >= 0.3 is 0 Å². The Labute approximate surface area is 114 Å². The fourth-order valence-electron chi connectivity index (χ4n) is 2.36. The van der Waals surface area contributed by atoms with Crippen LogP contribution in [0.5, 0.6) is 5.75 Å². The second kappa shape index (κ2) is 5.98. The number of thioether (sulfide) groups is 1. The van der Waals surface area contributed by atoms with Crippen molar-refractivity contribution in [2.75, 3.05) is 12.9 Å². The van der Waals surface area contributed by atoms with Gasteiger partial charge in [0, 0.05) is 11.3 Å². The minimum absolute atomic E-state index is 0.160. The Kier molecular flexibility index (Phi) is 4.57. The van der Waals surface area contributed by atoms with E-state index in [9.17, 15) is 0 Å². The summed E-state index contributed by atoms with van der Waals surface area (Å²) in [6.45, 7) is 4.55. The van der Waals surface area contributed by atoms with Crippen molar-refractivity contribution in [2.24, 2.45) is 11.7 Å². The topological polar surface area (TPSA) is 35.2 Å². The summed E-state index contributed by atoms with van der Waals surface area (Å²) in [4.78, 5) is 0. The van der Waals surface area contributed by atoms with Crippen LogP contribution in [0.1, 0.15) is 37.4 Å². The van der Waals surface area contributed by atoms with Gasteiger partial charge in [-0.15, -0.1) is 0 Å². The van der Waals surface area contributed by atoms with Gasteiger partial charge in [0.05, 0.1) is 7.11 Å². The summed E-state index contributed by atoms with van der Waals surface area (Å²) in [5.74, 6) is 2.90. The molecule has 0 spiro atoms.